The van der Waals surface area contributed by atoms with Gasteiger partial charge in [-0.25, -0.2) is 4.79 Å². The molecular formula is C20H16N4O7. The van der Waals surface area contributed by atoms with Gasteiger partial charge in [0.2, 0.25) is 11.8 Å². The number of hydrogen-bond acceptors (Lipinski definition) is 7. The minimum absolute atomic E-state index is 0.0917. The molecule has 2 aliphatic heterocycles. The fourth-order valence-corrected chi connectivity index (χ4v) is 3.58. The number of anilines is 1. The van der Waals surface area contributed by atoms with Crippen molar-refractivity contribution in [2.24, 2.45) is 0 Å². The third-order valence-corrected chi connectivity index (χ3v) is 5.08. The molecule has 1 fully saturated rings. The number of benzene rings is 2. The predicted molar refractivity (Wildman–Crippen MR) is 105 cm³/mol. The van der Waals surface area contributed by atoms with Crippen LogP contribution < -0.4 is 15.4 Å². The number of nitrogens with one attached hydrogen (secondary N) is 2. The summed E-state index contributed by atoms with van der Waals surface area (Å²) in [6.45, 7) is 0.0917. The fraction of sp³-hybridized carbons (Fsp3) is 0.200. The quantitative estimate of drug-likeness (QED) is 0.433. The summed E-state index contributed by atoms with van der Waals surface area (Å²) in [6, 6.07) is 9.01. The van der Waals surface area contributed by atoms with Crippen LogP contribution in [0.4, 0.5) is 16.2 Å². The normalized spacial score (nSPS) is 17.7. The molecular weight excluding hydrogens is 408 g/mol. The van der Waals surface area contributed by atoms with Crippen molar-refractivity contribution in [1.82, 2.24) is 10.2 Å². The van der Waals surface area contributed by atoms with Crippen molar-refractivity contribution in [3.63, 3.8) is 0 Å². The number of nitro groups is 1. The fourth-order valence-electron chi connectivity index (χ4n) is 3.58. The molecule has 0 bridgehead atoms. The second kappa shape index (κ2) is 7.86. The standard InChI is InChI=1S/C20H16N4O7/c25-17-9-8-16(18(26)22-17)23-10-14-13(19(23)27)2-1-3-15(14)21-20(28)31-12-6-4-11(5-7-12)24(29)30/h1-7,16H,8-10H2,(H,21,28)(H,22,25,26). The van der Waals surface area contributed by atoms with Crippen molar-refractivity contribution < 1.29 is 28.8 Å². The van der Waals surface area contributed by atoms with Gasteiger partial charge in [-0.3, -0.25) is 35.1 Å². The average molecular weight is 424 g/mol. The Morgan fingerprint density at radius 3 is 2.58 bits per heavy atom. The molecule has 2 aliphatic rings. The lowest BCUT2D eigenvalue weighted by Gasteiger charge is -2.29. The molecule has 31 heavy (non-hydrogen) atoms. The number of amides is 4. The minimum atomic E-state index is -0.839. The topological polar surface area (TPSA) is 148 Å². The number of carbonyl (C=O) groups is 4. The van der Waals surface area contributed by atoms with Crippen LogP contribution in [0.5, 0.6) is 5.75 Å². The third kappa shape index (κ3) is 3.92. The maximum atomic E-state index is 12.8. The van der Waals surface area contributed by atoms with E-state index in [1.165, 1.54) is 29.2 Å². The van der Waals surface area contributed by atoms with Crippen molar-refractivity contribution in [2.45, 2.75) is 25.4 Å². The first-order valence-corrected chi connectivity index (χ1v) is 9.33. The van der Waals surface area contributed by atoms with Crippen molar-refractivity contribution in [3.8, 4) is 5.75 Å². The van der Waals surface area contributed by atoms with E-state index in [0.717, 1.165) is 0 Å². The highest BCUT2D eigenvalue weighted by molar-refractivity contribution is 6.06. The summed E-state index contributed by atoms with van der Waals surface area (Å²) in [6.07, 6.45) is -0.465. The van der Waals surface area contributed by atoms with Gasteiger partial charge in [0.25, 0.3) is 11.6 Å². The van der Waals surface area contributed by atoms with Gasteiger partial charge in [0.05, 0.1) is 4.92 Å². The summed E-state index contributed by atoms with van der Waals surface area (Å²) in [4.78, 5) is 60.1. The van der Waals surface area contributed by atoms with Gasteiger partial charge in [-0.05, 0) is 30.7 Å². The first kappa shape index (κ1) is 20.0. The number of imide groups is 1. The Balaban J connectivity index is 1.48. The van der Waals surface area contributed by atoms with Gasteiger partial charge in [-0.2, -0.15) is 0 Å². The molecule has 11 heteroatoms. The zero-order valence-corrected chi connectivity index (χ0v) is 16.0. The van der Waals surface area contributed by atoms with Crippen LogP contribution in [0.3, 0.4) is 0 Å². The first-order valence-electron chi connectivity index (χ1n) is 9.33. The van der Waals surface area contributed by atoms with E-state index in [-0.39, 0.29) is 42.6 Å². The zero-order valence-electron chi connectivity index (χ0n) is 16.0. The van der Waals surface area contributed by atoms with Crippen LogP contribution in [-0.4, -0.2) is 39.7 Å². The van der Waals surface area contributed by atoms with Crippen LogP contribution >= 0.6 is 0 Å². The van der Waals surface area contributed by atoms with Crippen LogP contribution in [0, 0.1) is 10.1 Å². The Morgan fingerprint density at radius 1 is 1.16 bits per heavy atom. The van der Waals surface area contributed by atoms with Gasteiger partial charge in [0.1, 0.15) is 11.8 Å². The summed E-state index contributed by atoms with van der Waals surface area (Å²) < 4.78 is 5.14. The Hall–Kier alpha value is -4.28. The number of ether oxygens (including phenoxy) is 1. The van der Waals surface area contributed by atoms with E-state index in [4.69, 9.17) is 4.74 Å². The Bertz CT molecular complexity index is 1110. The van der Waals surface area contributed by atoms with Gasteiger partial charge in [-0.15, -0.1) is 0 Å². The molecule has 158 valence electrons. The van der Waals surface area contributed by atoms with Crippen LogP contribution in [0.15, 0.2) is 42.5 Å². The van der Waals surface area contributed by atoms with E-state index in [1.54, 1.807) is 18.2 Å². The highest BCUT2D eigenvalue weighted by Crippen LogP contribution is 2.32. The van der Waals surface area contributed by atoms with E-state index in [2.05, 4.69) is 10.6 Å². The number of hydrogen-bond donors (Lipinski definition) is 2. The van der Waals surface area contributed by atoms with Crippen molar-refractivity contribution in [3.05, 3.63) is 63.7 Å². The molecule has 2 aromatic carbocycles. The molecule has 2 aromatic rings. The van der Waals surface area contributed by atoms with Gasteiger partial charge in [0.15, 0.2) is 0 Å². The highest BCUT2D eigenvalue weighted by atomic mass is 16.6. The highest BCUT2D eigenvalue weighted by Gasteiger charge is 2.40. The number of piperidine rings is 1. The number of nitro benzene ring substituents is 1. The van der Waals surface area contributed by atoms with Gasteiger partial charge in [0, 0.05) is 41.9 Å². The molecule has 11 nitrogen and oxygen atoms in total. The maximum Gasteiger partial charge on any atom is 0.417 e. The number of non-ortho nitro benzene ring substituents is 1. The van der Waals surface area contributed by atoms with Crippen LogP contribution in [0.1, 0.15) is 28.8 Å². The molecule has 2 heterocycles. The van der Waals surface area contributed by atoms with E-state index in [9.17, 15) is 29.3 Å². The molecule has 0 spiro atoms. The largest absolute Gasteiger partial charge is 0.417 e. The molecule has 0 aromatic heterocycles. The average Bonchev–Trinajstić information content (AvgIpc) is 3.06. The molecule has 0 saturated carbocycles. The summed E-state index contributed by atoms with van der Waals surface area (Å²) in [5, 5.41) is 15.5. The lowest BCUT2D eigenvalue weighted by atomic mass is 10.0. The SMILES string of the molecule is O=C1CCC(N2Cc3c(NC(=O)Oc4ccc([N+](=O)[O-])cc4)cccc3C2=O)C(=O)N1. The van der Waals surface area contributed by atoms with Gasteiger partial charge in [-0.1, -0.05) is 6.07 Å². The van der Waals surface area contributed by atoms with Gasteiger partial charge < -0.3 is 9.64 Å². The molecule has 1 saturated heterocycles. The summed E-state index contributed by atoms with van der Waals surface area (Å²) in [5.74, 6) is -1.15. The minimum Gasteiger partial charge on any atom is -0.410 e. The number of fused-ring (bicyclic) bond motifs is 1. The second-order valence-corrected chi connectivity index (χ2v) is 7.00. The second-order valence-electron chi connectivity index (χ2n) is 7.00. The van der Waals surface area contributed by atoms with Crippen molar-refractivity contribution >= 4 is 35.2 Å². The van der Waals surface area contributed by atoms with Gasteiger partial charge >= 0.3 is 6.09 Å². The Morgan fingerprint density at radius 2 is 1.90 bits per heavy atom. The third-order valence-electron chi connectivity index (χ3n) is 5.08. The van der Waals surface area contributed by atoms with Crippen LogP contribution in [0.2, 0.25) is 0 Å². The lowest BCUT2D eigenvalue weighted by molar-refractivity contribution is -0.384. The van der Waals surface area contributed by atoms with E-state index >= 15 is 0 Å². The molecule has 1 unspecified atom stereocenters. The van der Waals surface area contributed by atoms with E-state index in [0.29, 0.717) is 16.8 Å². The summed E-state index contributed by atoms with van der Waals surface area (Å²) in [5.41, 5.74) is 1.07. The zero-order chi connectivity index (χ0) is 22.1. The van der Waals surface area contributed by atoms with Crippen molar-refractivity contribution in [1.29, 1.82) is 0 Å². The maximum absolute atomic E-state index is 12.8. The molecule has 4 rings (SSSR count). The smallest absolute Gasteiger partial charge is 0.410 e. The molecule has 0 aliphatic carbocycles. The molecule has 4 amide bonds. The predicted octanol–water partition coefficient (Wildman–Crippen LogP) is 1.97. The Kier molecular flexibility index (Phi) is 5.07. The first-order chi connectivity index (χ1) is 14.8. The van der Waals surface area contributed by atoms with Crippen molar-refractivity contribution in [2.75, 3.05) is 5.32 Å². The van der Waals surface area contributed by atoms with Crippen LogP contribution in [-0.2, 0) is 16.1 Å². The number of carbonyl (C=O) groups excluding carboxylic acids is 4. The van der Waals surface area contributed by atoms with E-state index < -0.39 is 23.0 Å². The molecule has 1 atom stereocenters. The Labute approximate surface area is 175 Å². The van der Waals surface area contributed by atoms with Crippen LogP contribution in [0.25, 0.3) is 0 Å². The number of rotatable bonds is 4. The van der Waals surface area contributed by atoms with E-state index in [1.807, 2.05) is 0 Å². The summed E-state index contributed by atoms with van der Waals surface area (Å²) >= 11 is 0. The number of nitrogens with zero attached hydrogens (tertiary/aromatic N) is 2. The summed E-state index contributed by atoms with van der Waals surface area (Å²) in [7, 11) is 0. The monoisotopic (exact) mass is 424 g/mol. The molecule has 0 radical (unpaired) electrons. The lowest BCUT2D eigenvalue weighted by Crippen LogP contribution is -2.52. The molecule has 2 N–H and O–H groups in total.